The van der Waals surface area contributed by atoms with Crippen molar-refractivity contribution in [3.63, 3.8) is 0 Å². The van der Waals surface area contributed by atoms with Crippen LogP contribution in [0.4, 0.5) is 17.1 Å². The predicted molar refractivity (Wildman–Crippen MR) is 258 cm³/mol. The maximum Gasteiger partial charge on any atom is 0.0562 e. The van der Waals surface area contributed by atoms with Crippen molar-refractivity contribution >= 4 is 71.4 Å². The molecule has 3 nitrogen and oxygen atoms in total. The summed E-state index contributed by atoms with van der Waals surface area (Å²) in [5.74, 6) is 0. The van der Waals surface area contributed by atoms with E-state index in [2.05, 4.69) is 251 Å². The second-order valence-corrected chi connectivity index (χ2v) is 15.8. The average molecular weight is 778 g/mol. The van der Waals surface area contributed by atoms with E-state index in [-0.39, 0.29) is 0 Å². The Bertz CT molecular complexity index is 3560. The Morgan fingerprint density at radius 1 is 0.279 bits per heavy atom. The molecule has 12 aromatic rings. The third-order valence-corrected chi connectivity index (χ3v) is 12.3. The van der Waals surface area contributed by atoms with Crippen molar-refractivity contribution in [2.24, 2.45) is 0 Å². The third-order valence-electron chi connectivity index (χ3n) is 12.3. The molecule has 0 aliphatic heterocycles. The van der Waals surface area contributed by atoms with Crippen LogP contribution in [0, 0.1) is 0 Å². The van der Waals surface area contributed by atoms with Crippen LogP contribution in [0.15, 0.2) is 237 Å². The van der Waals surface area contributed by atoms with Crippen LogP contribution in [0.5, 0.6) is 0 Å². The van der Waals surface area contributed by atoms with Crippen LogP contribution in [-0.2, 0) is 0 Å². The standard InChI is InChI=1S/C58H39N3/c1-3-14-40(15-4-1)42-26-28-43(29-27-42)44-30-33-47(34-31-44)59(55-24-13-25-56-58(55)52-21-10-12-23-54(52)60(56)46-18-5-2-6-19-46)49-36-37-51-50-20-9-11-22-53(50)61(57(51)39-49)48-35-32-41-16-7-8-17-45(41)38-48/h1-39H. The maximum atomic E-state index is 2.45. The lowest BCUT2D eigenvalue weighted by Gasteiger charge is -2.27. The Balaban J connectivity index is 1.08. The van der Waals surface area contributed by atoms with Crippen molar-refractivity contribution in [3.8, 4) is 33.6 Å². The monoisotopic (exact) mass is 777 g/mol. The Labute approximate surface area is 354 Å². The maximum absolute atomic E-state index is 2.45. The van der Waals surface area contributed by atoms with E-state index in [0.717, 1.165) is 39.5 Å². The first kappa shape index (κ1) is 34.9. The zero-order valence-electron chi connectivity index (χ0n) is 33.4. The molecule has 0 aliphatic rings. The molecule has 10 aromatic carbocycles. The van der Waals surface area contributed by atoms with Crippen LogP contribution in [0.2, 0.25) is 0 Å². The summed E-state index contributed by atoms with van der Waals surface area (Å²) in [5.41, 5.74) is 15.1. The molecule has 286 valence electrons. The highest BCUT2D eigenvalue weighted by atomic mass is 15.2. The van der Waals surface area contributed by atoms with Gasteiger partial charge in [0.25, 0.3) is 0 Å². The molecule has 0 spiro atoms. The number of hydrogen-bond acceptors (Lipinski definition) is 1. The number of anilines is 3. The second kappa shape index (κ2) is 14.3. The van der Waals surface area contributed by atoms with Crippen LogP contribution < -0.4 is 4.90 Å². The van der Waals surface area contributed by atoms with Crippen LogP contribution in [0.3, 0.4) is 0 Å². The van der Waals surface area contributed by atoms with Crippen molar-refractivity contribution in [2.75, 3.05) is 4.90 Å². The molecule has 0 saturated heterocycles. The number of rotatable bonds is 7. The molecule has 0 unspecified atom stereocenters. The molecule has 0 bridgehead atoms. The van der Waals surface area contributed by atoms with E-state index >= 15 is 0 Å². The van der Waals surface area contributed by atoms with Gasteiger partial charge in [0.1, 0.15) is 0 Å². The minimum absolute atomic E-state index is 1.08. The van der Waals surface area contributed by atoms with E-state index in [4.69, 9.17) is 0 Å². The summed E-state index contributed by atoms with van der Waals surface area (Å²) < 4.78 is 4.83. The van der Waals surface area contributed by atoms with Gasteiger partial charge in [0.2, 0.25) is 0 Å². The summed E-state index contributed by atoms with van der Waals surface area (Å²) in [7, 11) is 0. The number of nitrogens with zero attached hydrogens (tertiary/aromatic N) is 3. The molecule has 2 heterocycles. The molecule has 0 fully saturated rings. The summed E-state index contributed by atoms with van der Waals surface area (Å²) in [6.07, 6.45) is 0. The number of hydrogen-bond donors (Lipinski definition) is 0. The first-order valence-corrected chi connectivity index (χ1v) is 20.9. The van der Waals surface area contributed by atoms with Crippen LogP contribution in [-0.4, -0.2) is 9.13 Å². The topological polar surface area (TPSA) is 13.1 Å². The SMILES string of the molecule is c1ccc(-c2ccc(-c3ccc(N(c4ccc5c6ccccc6n(-c6ccc7ccccc7c6)c5c4)c4cccc5c4c4ccccc4n5-c4ccccc4)cc3)cc2)cc1. The van der Waals surface area contributed by atoms with Gasteiger partial charge in [-0.1, -0.05) is 164 Å². The second-order valence-electron chi connectivity index (χ2n) is 15.8. The van der Waals surface area contributed by atoms with E-state index in [1.165, 1.54) is 65.6 Å². The van der Waals surface area contributed by atoms with Crippen molar-refractivity contribution < 1.29 is 0 Å². The van der Waals surface area contributed by atoms with Crippen molar-refractivity contribution in [1.82, 2.24) is 9.13 Å². The quantitative estimate of drug-likeness (QED) is 0.157. The molecular weight excluding hydrogens is 739 g/mol. The number of aromatic nitrogens is 2. The van der Waals surface area contributed by atoms with E-state index in [9.17, 15) is 0 Å². The highest BCUT2D eigenvalue weighted by Gasteiger charge is 2.23. The van der Waals surface area contributed by atoms with Crippen molar-refractivity contribution in [2.45, 2.75) is 0 Å². The van der Waals surface area contributed by atoms with Gasteiger partial charge >= 0.3 is 0 Å². The molecule has 3 heteroatoms. The minimum Gasteiger partial charge on any atom is -0.310 e. The summed E-state index contributed by atoms with van der Waals surface area (Å²) in [4.78, 5) is 2.45. The molecule has 2 aromatic heterocycles. The summed E-state index contributed by atoms with van der Waals surface area (Å²) in [6, 6.07) is 86.0. The molecule has 0 atom stereocenters. The van der Waals surface area contributed by atoms with Crippen molar-refractivity contribution in [3.05, 3.63) is 237 Å². The summed E-state index contributed by atoms with van der Waals surface area (Å²) in [6.45, 7) is 0. The molecule has 0 amide bonds. The van der Waals surface area contributed by atoms with Crippen LogP contribution >= 0.6 is 0 Å². The van der Waals surface area contributed by atoms with E-state index in [0.29, 0.717) is 0 Å². The molecule has 61 heavy (non-hydrogen) atoms. The Morgan fingerprint density at radius 2 is 0.803 bits per heavy atom. The largest absolute Gasteiger partial charge is 0.310 e. The van der Waals surface area contributed by atoms with Gasteiger partial charge in [0.05, 0.1) is 27.8 Å². The minimum atomic E-state index is 1.08. The van der Waals surface area contributed by atoms with E-state index in [1.54, 1.807) is 0 Å². The summed E-state index contributed by atoms with van der Waals surface area (Å²) in [5, 5.41) is 7.33. The molecule has 0 aliphatic carbocycles. The van der Waals surface area contributed by atoms with Gasteiger partial charge in [-0.2, -0.15) is 0 Å². The van der Waals surface area contributed by atoms with Gasteiger partial charge in [0, 0.05) is 44.3 Å². The van der Waals surface area contributed by atoms with Gasteiger partial charge in [-0.15, -0.1) is 0 Å². The number of benzene rings is 10. The van der Waals surface area contributed by atoms with Crippen LogP contribution in [0.1, 0.15) is 0 Å². The number of fused-ring (bicyclic) bond motifs is 7. The smallest absolute Gasteiger partial charge is 0.0562 e. The molecule has 0 radical (unpaired) electrons. The Morgan fingerprint density at radius 3 is 1.54 bits per heavy atom. The highest BCUT2D eigenvalue weighted by Crippen LogP contribution is 2.46. The van der Waals surface area contributed by atoms with E-state index in [1.807, 2.05) is 0 Å². The Kier molecular flexibility index (Phi) is 8.17. The number of para-hydroxylation sites is 3. The lowest BCUT2D eigenvalue weighted by molar-refractivity contribution is 1.18. The normalized spacial score (nSPS) is 11.6. The van der Waals surface area contributed by atoms with Gasteiger partial charge in [-0.25, -0.2) is 0 Å². The van der Waals surface area contributed by atoms with Gasteiger partial charge in [-0.3, -0.25) is 0 Å². The third kappa shape index (κ3) is 5.82. The van der Waals surface area contributed by atoms with E-state index < -0.39 is 0 Å². The Hall–Kier alpha value is -8.14. The highest BCUT2D eigenvalue weighted by molar-refractivity contribution is 6.17. The van der Waals surface area contributed by atoms with Crippen molar-refractivity contribution in [1.29, 1.82) is 0 Å². The fraction of sp³-hybridized carbons (Fsp3) is 0. The predicted octanol–water partition coefficient (Wildman–Crippen LogP) is 15.8. The lowest BCUT2D eigenvalue weighted by Crippen LogP contribution is -2.10. The van der Waals surface area contributed by atoms with Gasteiger partial charge < -0.3 is 14.0 Å². The zero-order valence-corrected chi connectivity index (χ0v) is 33.4. The van der Waals surface area contributed by atoms with Gasteiger partial charge in [0.15, 0.2) is 0 Å². The first-order valence-electron chi connectivity index (χ1n) is 20.9. The lowest BCUT2D eigenvalue weighted by atomic mass is 10.00. The fourth-order valence-corrected chi connectivity index (χ4v) is 9.45. The molecule has 12 rings (SSSR count). The fourth-order valence-electron chi connectivity index (χ4n) is 9.45. The molecule has 0 saturated carbocycles. The molecule has 0 N–H and O–H groups in total. The average Bonchev–Trinajstić information content (AvgIpc) is 3.85. The molecular formula is C58H39N3. The van der Waals surface area contributed by atoms with Crippen LogP contribution in [0.25, 0.3) is 88.0 Å². The zero-order chi connectivity index (χ0) is 40.3. The van der Waals surface area contributed by atoms with Gasteiger partial charge in [-0.05, 0) is 106 Å². The summed E-state index contributed by atoms with van der Waals surface area (Å²) >= 11 is 0. The first-order chi connectivity index (χ1) is 30.3.